The largest absolute Gasteiger partial charge is 0.459 e. The van der Waals surface area contributed by atoms with Crippen LogP contribution in [0.1, 0.15) is 27.2 Å². The molecule has 86 valence electrons. The molecule has 0 aliphatic carbocycles. The highest BCUT2D eigenvalue weighted by Gasteiger charge is 2.54. The average Bonchev–Trinajstić information content (AvgIpc) is 2.55. The summed E-state index contributed by atoms with van der Waals surface area (Å²) < 4.78 is 10.9. The SMILES string of the molecule is CC(C)(C)OC(=O)C12CCNC1COC2. The van der Waals surface area contributed by atoms with Crippen LogP contribution < -0.4 is 5.32 Å². The van der Waals surface area contributed by atoms with Gasteiger partial charge in [-0.25, -0.2) is 0 Å². The lowest BCUT2D eigenvalue weighted by molar-refractivity contribution is -0.167. The first kappa shape index (κ1) is 10.9. The minimum absolute atomic E-state index is 0.109. The molecule has 0 aromatic carbocycles. The highest BCUT2D eigenvalue weighted by molar-refractivity contribution is 5.79. The van der Waals surface area contributed by atoms with Crippen molar-refractivity contribution in [3.63, 3.8) is 0 Å². The molecule has 15 heavy (non-hydrogen) atoms. The summed E-state index contributed by atoms with van der Waals surface area (Å²) in [6.45, 7) is 7.70. The molecule has 0 bridgehead atoms. The molecule has 2 fully saturated rings. The lowest BCUT2D eigenvalue weighted by Gasteiger charge is -2.29. The highest BCUT2D eigenvalue weighted by Crippen LogP contribution is 2.38. The third-order valence-electron chi connectivity index (χ3n) is 3.08. The summed E-state index contributed by atoms with van der Waals surface area (Å²) in [4.78, 5) is 12.1. The van der Waals surface area contributed by atoms with Crippen LogP contribution in [0.15, 0.2) is 0 Å². The maximum Gasteiger partial charge on any atom is 0.316 e. The molecule has 2 saturated heterocycles. The fourth-order valence-electron chi connectivity index (χ4n) is 2.27. The first-order valence-corrected chi connectivity index (χ1v) is 5.49. The third-order valence-corrected chi connectivity index (χ3v) is 3.08. The van der Waals surface area contributed by atoms with Gasteiger partial charge in [0.15, 0.2) is 0 Å². The molecule has 0 radical (unpaired) electrons. The van der Waals surface area contributed by atoms with Gasteiger partial charge >= 0.3 is 5.97 Å². The van der Waals surface area contributed by atoms with Crippen molar-refractivity contribution in [3.8, 4) is 0 Å². The third kappa shape index (κ3) is 1.88. The van der Waals surface area contributed by atoms with Crippen molar-refractivity contribution in [3.05, 3.63) is 0 Å². The van der Waals surface area contributed by atoms with E-state index in [4.69, 9.17) is 9.47 Å². The lowest BCUT2D eigenvalue weighted by atomic mass is 9.83. The molecule has 0 aromatic heterocycles. The van der Waals surface area contributed by atoms with Crippen molar-refractivity contribution >= 4 is 5.97 Å². The molecule has 2 rings (SSSR count). The number of carbonyl (C=O) groups is 1. The Bertz CT molecular complexity index is 259. The summed E-state index contributed by atoms with van der Waals surface area (Å²) in [6, 6.07) is 0.146. The predicted molar refractivity (Wildman–Crippen MR) is 55.5 cm³/mol. The zero-order valence-electron chi connectivity index (χ0n) is 9.63. The van der Waals surface area contributed by atoms with Crippen molar-refractivity contribution in [2.24, 2.45) is 5.41 Å². The first-order chi connectivity index (χ1) is 6.94. The van der Waals surface area contributed by atoms with E-state index in [1.54, 1.807) is 0 Å². The summed E-state index contributed by atoms with van der Waals surface area (Å²) in [6.07, 6.45) is 0.826. The number of rotatable bonds is 1. The van der Waals surface area contributed by atoms with Gasteiger partial charge in [-0.15, -0.1) is 0 Å². The monoisotopic (exact) mass is 213 g/mol. The number of ether oxygens (including phenoxy) is 2. The smallest absolute Gasteiger partial charge is 0.316 e. The molecule has 4 nitrogen and oxygen atoms in total. The second-order valence-corrected chi connectivity index (χ2v) is 5.43. The molecule has 0 aromatic rings. The van der Waals surface area contributed by atoms with E-state index in [0.717, 1.165) is 13.0 Å². The van der Waals surface area contributed by atoms with Crippen LogP contribution in [0, 0.1) is 5.41 Å². The second-order valence-electron chi connectivity index (χ2n) is 5.43. The van der Waals surface area contributed by atoms with E-state index < -0.39 is 11.0 Å². The zero-order chi connectivity index (χ0) is 11.1. The molecule has 2 unspecified atom stereocenters. The van der Waals surface area contributed by atoms with Gasteiger partial charge in [0.25, 0.3) is 0 Å². The van der Waals surface area contributed by atoms with Gasteiger partial charge in [0, 0.05) is 6.04 Å². The standard InChI is InChI=1S/C11H19NO3/c1-10(2,3)15-9(13)11-4-5-12-8(11)6-14-7-11/h8,12H,4-7H2,1-3H3. The number of hydrogen-bond donors (Lipinski definition) is 1. The summed E-state index contributed by atoms with van der Waals surface area (Å²) in [7, 11) is 0. The summed E-state index contributed by atoms with van der Waals surface area (Å²) in [5.74, 6) is -0.109. The van der Waals surface area contributed by atoms with Gasteiger partial charge < -0.3 is 14.8 Å². The Morgan fingerprint density at radius 3 is 2.93 bits per heavy atom. The van der Waals surface area contributed by atoms with Crippen LogP contribution in [-0.4, -0.2) is 37.4 Å². The average molecular weight is 213 g/mol. The van der Waals surface area contributed by atoms with Crippen LogP contribution in [-0.2, 0) is 14.3 Å². The van der Waals surface area contributed by atoms with E-state index in [-0.39, 0.29) is 12.0 Å². The van der Waals surface area contributed by atoms with Gasteiger partial charge in [0.2, 0.25) is 0 Å². The van der Waals surface area contributed by atoms with Crippen molar-refractivity contribution < 1.29 is 14.3 Å². The van der Waals surface area contributed by atoms with E-state index >= 15 is 0 Å². The molecule has 0 spiro atoms. The molecule has 2 aliphatic rings. The van der Waals surface area contributed by atoms with E-state index in [1.807, 2.05) is 20.8 Å². The molecular weight excluding hydrogens is 194 g/mol. The van der Waals surface area contributed by atoms with Crippen molar-refractivity contribution in [2.45, 2.75) is 38.8 Å². The molecular formula is C11H19NO3. The quantitative estimate of drug-likeness (QED) is 0.652. The van der Waals surface area contributed by atoms with Gasteiger partial charge in [0.1, 0.15) is 11.0 Å². The summed E-state index contributed by atoms with van der Waals surface area (Å²) >= 11 is 0. The van der Waals surface area contributed by atoms with Crippen LogP contribution in [0.25, 0.3) is 0 Å². The Balaban J connectivity index is 2.11. The Kier molecular flexibility index (Phi) is 2.51. The number of fused-ring (bicyclic) bond motifs is 1. The van der Waals surface area contributed by atoms with Gasteiger partial charge in [0.05, 0.1) is 13.2 Å². The maximum atomic E-state index is 12.1. The van der Waals surface area contributed by atoms with Crippen LogP contribution in [0.3, 0.4) is 0 Å². The number of carbonyl (C=O) groups excluding carboxylic acids is 1. The zero-order valence-corrected chi connectivity index (χ0v) is 9.63. The van der Waals surface area contributed by atoms with E-state index in [0.29, 0.717) is 13.2 Å². The number of hydrogen-bond acceptors (Lipinski definition) is 4. The minimum atomic E-state index is -0.423. The Morgan fingerprint density at radius 2 is 2.27 bits per heavy atom. The molecule has 2 heterocycles. The van der Waals surface area contributed by atoms with Gasteiger partial charge in [-0.05, 0) is 33.7 Å². The van der Waals surface area contributed by atoms with Gasteiger partial charge in [-0.3, -0.25) is 4.79 Å². The highest BCUT2D eigenvalue weighted by atomic mass is 16.6. The van der Waals surface area contributed by atoms with Crippen molar-refractivity contribution in [1.82, 2.24) is 5.32 Å². The fourth-order valence-corrected chi connectivity index (χ4v) is 2.27. The first-order valence-electron chi connectivity index (χ1n) is 5.49. The molecule has 2 aliphatic heterocycles. The summed E-state index contributed by atoms with van der Waals surface area (Å²) in [5, 5.41) is 3.30. The Morgan fingerprint density at radius 1 is 1.53 bits per heavy atom. The maximum absolute atomic E-state index is 12.1. The lowest BCUT2D eigenvalue weighted by Crippen LogP contribution is -2.45. The number of nitrogens with one attached hydrogen (secondary N) is 1. The van der Waals surface area contributed by atoms with E-state index in [2.05, 4.69) is 5.32 Å². The van der Waals surface area contributed by atoms with E-state index in [1.165, 1.54) is 0 Å². The molecule has 4 heteroatoms. The van der Waals surface area contributed by atoms with Crippen LogP contribution in [0.2, 0.25) is 0 Å². The van der Waals surface area contributed by atoms with Crippen LogP contribution in [0.5, 0.6) is 0 Å². The van der Waals surface area contributed by atoms with Crippen molar-refractivity contribution in [2.75, 3.05) is 19.8 Å². The molecule has 0 saturated carbocycles. The second kappa shape index (κ2) is 3.46. The van der Waals surface area contributed by atoms with E-state index in [9.17, 15) is 4.79 Å². The van der Waals surface area contributed by atoms with Gasteiger partial charge in [-0.2, -0.15) is 0 Å². The molecule has 2 atom stereocenters. The van der Waals surface area contributed by atoms with Crippen LogP contribution in [0.4, 0.5) is 0 Å². The molecule has 0 amide bonds. The normalized spacial score (nSPS) is 35.3. The summed E-state index contributed by atoms with van der Waals surface area (Å²) in [5.41, 5.74) is -0.838. The topological polar surface area (TPSA) is 47.6 Å². The Labute approximate surface area is 90.3 Å². The minimum Gasteiger partial charge on any atom is -0.459 e. The predicted octanol–water partition coefficient (Wildman–Crippen LogP) is 0.707. The van der Waals surface area contributed by atoms with Crippen LogP contribution >= 0.6 is 0 Å². The fraction of sp³-hybridized carbons (Fsp3) is 0.909. The van der Waals surface area contributed by atoms with Crippen molar-refractivity contribution in [1.29, 1.82) is 0 Å². The number of esters is 1. The molecule has 1 N–H and O–H groups in total. The Hall–Kier alpha value is -0.610. The van der Waals surface area contributed by atoms with Gasteiger partial charge in [-0.1, -0.05) is 0 Å².